The number of likely N-dealkylation sites (tertiary alicyclic amines) is 1. The highest BCUT2D eigenvalue weighted by atomic mass is 19.1. The molecular weight excluding hydrogens is 375 g/mol. The molecule has 2 amide bonds. The molecule has 2 N–H and O–H groups in total. The van der Waals surface area contributed by atoms with Gasteiger partial charge >= 0.3 is 0 Å². The van der Waals surface area contributed by atoms with Crippen molar-refractivity contribution in [3.63, 3.8) is 0 Å². The average molecular weight is 402 g/mol. The number of amides is 2. The van der Waals surface area contributed by atoms with Crippen molar-refractivity contribution in [3.05, 3.63) is 52.7 Å². The van der Waals surface area contributed by atoms with Gasteiger partial charge in [0.2, 0.25) is 5.91 Å². The summed E-state index contributed by atoms with van der Waals surface area (Å²) in [7, 11) is 1.97. The quantitative estimate of drug-likeness (QED) is 0.742. The van der Waals surface area contributed by atoms with Crippen LogP contribution in [0.3, 0.4) is 0 Å². The van der Waals surface area contributed by atoms with E-state index in [0.717, 1.165) is 18.4 Å². The third kappa shape index (κ3) is 5.20. The fourth-order valence-electron chi connectivity index (χ4n) is 3.64. The number of aromatic nitrogens is 1. The molecule has 2 aromatic rings. The highest BCUT2D eigenvalue weighted by Crippen LogP contribution is 2.24. The lowest BCUT2D eigenvalue weighted by atomic mass is 10.1. The number of carbonyl (C=O) groups is 2. The number of rotatable bonds is 7. The van der Waals surface area contributed by atoms with Crippen LogP contribution in [0.2, 0.25) is 0 Å². The van der Waals surface area contributed by atoms with Crippen LogP contribution in [0.4, 0.5) is 4.39 Å². The Bertz CT molecular complexity index is 883. The molecule has 0 spiro atoms. The molecule has 1 fully saturated rings. The number of hydrogen-bond donors (Lipinski definition) is 2. The molecule has 156 valence electrons. The number of aryl methyl sites for hydroxylation is 2. The normalized spacial score (nSPS) is 19.3. The lowest BCUT2D eigenvalue weighted by Crippen LogP contribution is -2.42. The summed E-state index contributed by atoms with van der Waals surface area (Å²) in [5.74, 6) is -0.0415. The summed E-state index contributed by atoms with van der Waals surface area (Å²) in [6.07, 6.45) is 3.58. The molecule has 1 saturated heterocycles. The van der Waals surface area contributed by atoms with E-state index in [0.29, 0.717) is 36.4 Å². The Kier molecular flexibility index (Phi) is 6.64. The summed E-state index contributed by atoms with van der Waals surface area (Å²) in [6, 6.07) is 5.26. The van der Waals surface area contributed by atoms with Crippen molar-refractivity contribution < 1.29 is 18.5 Å². The molecular formula is C21H27FN4O3. The largest absolute Gasteiger partial charge is 0.361 e. The lowest BCUT2D eigenvalue weighted by molar-refractivity contribution is -0.122. The fourth-order valence-corrected chi connectivity index (χ4v) is 3.64. The molecule has 1 aliphatic heterocycles. The number of halogens is 1. The van der Waals surface area contributed by atoms with E-state index >= 15 is 0 Å². The summed E-state index contributed by atoms with van der Waals surface area (Å²) in [5.41, 5.74) is 1.77. The predicted octanol–water partition coefficient (Wildman–Crippen LogP) is 2.33. The number of likely N-dealkylation sites (N-methyl/N-ethyl adjacent to an activating group) is 1. The van der Waals surface area contributed by atoms with Gasteiger partial charge in [-0.1, -0.05) is 17.3 Å². The van der Waals surface area contributed by atoms with Crippen molar-refractivity contribution in [3.8, 4) is 0 Å². The summed E-state index contributed by atoms with van der Waals surface area (Å²) < 4.78 is 18.5. The van der Waals surface area contributed by atoms with Gasteiger partial charge in [0.1, 0.15) is 17.1 Å². The number of carbonyl (C=O) groups excluding carboxylic acids is 2. The Morgan fingerprint density at radius 3 is 2.69 bits per heavy atom. The topological polar surface area (TPSA) is 87.5 Å². The Balaban J connectivity index is 1.43. The van der Waals surface area contributed by atoms with Crippen molar-refractivity contribution >= 4 is 11.8 Å². The standard InChI is InChI=1S/C21H27FN4O3/c1-13-4-5-15(8-19(13)22)10-23-20(27)9-16-6-7-17(26(16)3)11-24-21(28)18-12-25-29-14(18)2/h4-5,8,12,16-17H,6-7,9-11H2,1-3H3,(H,23,27)(H,24,28)/t16-,17+/m1/s1. The predicted molar refractivity (Wildman–Crippen MR) is 106 cm³/mol. The van der Waals surface area contributed by atoms with Crippen LogP contribution < -0.4 is 10.6 Å². The van der Waals surface area contributed by atoms with E-state index < -0.39 is 0 Å². The number of benzene rings is 1. The molecule has 1 aromatic carbocycles. The first kappa shape index (κ1) is 21.0. The van der Waals surface area contributed by atoms with Gasteiger partial charge in [-0.2, -0.15) is 0 Å². The van der Waals surface area contributed by atoms with Crippen molar-refractivity contribution in [2.45, 2.75) is 51.7 Å². The first-order valence-electron chi connectivity index (χ1n) is 9.78. The van der Waals surface area contributed by atoms with Crippen LogP contribution in [0.1, 0.15) is 46.5 Å². The van der Waals surface area contributed by atoms with Crippen LogP contribution in [-0.2, 0) is 11.3 Å². The van der Waals surface area contributed by atoms with Gasteiger partial charge in [0.25, 0.3) is 5.91 Å². The molecule has 0 bridgehead atoms. The Morgan fingerprint density at radius 2 is 2.00 bits per heavy atom. The zero-order valence-electron chi connectivity index (χ0n) is 17.0. The molecule has 0 unspecified atom stereocenters. The summed E-state index contributed by atoms with van der Waals surface area (Å²) >= 11 is 0. The average Bonchev–Trinajstić information content (AvgIpc) is 3.27. The van der Waals surface area contributed by atoms with Crippen LogP contribution >= 0.6 is 0 Å². The van der Waals surface area contributed by atoms with Crippen molar-refractivity contribution in [1.82, 2.24) is 20.7 Å². The maximum Gasteiger partial charge on any atom is 0.256 e. The molecule has 7 nitrogen and oxygen atoms in total. The fraction of sp³-hybridized carbons (Fsp3) is 0.476. The van der Waals surface area contributed by atoms with Gasteiger partial charge in [-0.25, -0.2) is 4.39 Å². The molecule has 8 heteroatoms. The first-order chi connectivity index (χ1) is 13.8. The molecule has 1 aliphatic rings. The van der Waals surface area contributed by atoms with E-state index in [1.165, 1.54) is 12.3 Å². The van der Waals surface area contributed by atoms with Crippen molar-refractivity contribution in [2.24, 2.45) is 0 Å². The Morgan fingerprint density at radius 1 is 1.24 bits per heavy atom. The summed E-state index contributed by atoms with van der Waals surface area (Å²) in [4.78, 5) is 26.7. The maximum absolute atomic E-state index is 13.6. The monoisotopic (exact) mass is 402 g/mol. The summed E-state index contributed by atoms with van der Waals surface area (Å²) in [6.45, 7) is 4.22. The van der Waals surface area contributed by atoms with Gasteiger partial charge < -0.3 is 15.2 Å². The van der Waals surface area contributed by atoms with Crippen LogP contribution in [0.15, 0.2) is 28.9 Å². The first-order valence-corrected chi connectivity index (χ1v) is 9.78. The van der Waals surface area contributed by atoms with Gasteiger partial charge in [-0.15, -0.1) is 0 Å². The smallest absolute Gasteiger partial charge is 0.256 e. The molecule has 2 heterocycles. The molecule has 2 atom stereocenters. The zero-order chi connectivity index (χ0) is 21.0. The van der Waals surface area contributed by atoms with Gasteiger partial charge in [0.15, 0.2) is 0 Å². The van der Waals surface area contributed by atoms with Gasteiger partial charge in [0, 0.05) is 31.6 Å². The van der Waals surface area contributed by atoms with Gasteiger partial charge in [0.05, 0.1) is 6.20 Å². The lowest BCUT2D eigenvalue weighted by Gasteiger charge is -2.25. The van der Waals surface area contributed by atoms with E-state index in [1.54, 1.807) is 19.9 Å². The highest BCUT2D eigenvalue weighted by Gasteiger charge is 2.32. The number of hydrogen-bond acceptors (Lipinski definition) is 5. The molecule has 0 saturated carbocycles. The van der Waals surface area contributed by atoms with Crippen molar-refractivity contribution in [1.29, 1.82) is 0 Å². The third-order valence-electron chi connectivity index (χ3n) is 5.63. The molecule has 1 aromatic heterocycles. The minimum absolute atomic E-state index is 0.0624. The van der Waals surface area contributed by atoms with E-state index in [4.69, 9.17) is 4.52 Å². The van der Waals surface area contributed by atoms with Crippen molar-refractivity contribution in [2.75, 3.05) is 13.6 Å². The van der Waals surface area contributed by atoms with E-state index in [-0.39, 0.29) is 29.7 Å². The Labute approximate surface area is 169 Å². The van der Waals surface area contributed by atoms with Crippen LogP contribution in [0.25, 0.3) is 0 Å². The SMILES string of the molecule is Cc1ccc(CNC(=O)C[C@H]2CC[C@@H](CNC(=O)c3cnoc3C)N2C)cc1F. The minimum Gasteiger partial charge on any atom is -0.361 e. The van der Waals surface area contributed by atoms with Crippen LogP contribution in [0.5, 0.6) is 0 Å². The second-order valence-electron chi connectivity index (χ2n) is 7.62. The van der Waals surface area contributed by atoms with Crippen LogP contribution in [0, 0.1) is 19.7 Å². The number of nitrogens with zero attached hydrogens (tertiary/aromatic N) is 2. The van der Waals surface area contributed by atoms with Crippen LogP contribution in [-0.4, -0.2) is 47.5 Å². The second-order valence-corrected chi connectivity index (χ2v) is 7.62. The van der Waals surface area contributed by atoms with Gasteiger partial charge in [-0.3, -0.25) is 14.5 Å². The van der Waals surface area contributed by atoms with E-state index in [2.05, 4.69) is 20.7 Å². The minimum atomic E-state index is -0.265. The Hall–Kier alpha value is -2.74. The third-order valence-corrected chi connectivity index (χ3v) is 5.63. The second kappa shape index (κ2) is 9.17. The van der Waals surface area contributed by atoms with E-state index in [1.807, 2.05) is 13.1 Å². The summed E-state index contributed by atoms with van der Waals surface area (Å²) in [5, 5.41) is 9.39. The van der Waals surface area contributed by atoms with Gasteiger partial charge in [-0.05, 0) is 50.9 Å². The highest BCUT2D eigenvalue weighted by molar-refractivity contribution is 5.94. The maximum atomic E-state index is 13.6. The number of nitrogens with one attached hydrogen (secondary N) is 2. The molecule has 0 radical (unpaired) electrons. The zero-order valence-corrected chi connectivity index (χ0v) is 17.0. The molecule has 3 rings (SSSR count). The molecule has 29 heavy (non-hydrogen) atoms. The molecule has 0 aliphatic carbocycles. The van der Waals surface area contributed by atoms with E-state index in [9.17, 15) is 14.0 Å².